The molecule has 0 aliphatic heterocycles. The van der Waals surface area contributed by atoms with Gasteiger partial charge in [-0.1, -0.05) is 12.1 Å². The van der Waals surface area contributed by atoms with E-state index in [0.29, 0.717) is 5.69 Å². The third kappa shape index (κ3) is 3.56. The number of para-hydroxylation sites is 1. The van der Waals surface area contributed by atoms with Crippen LogP contribution in [0.5, 0.6) is 0 Å². The van der Waals surface area contributed by atoms with Crippen molar-refractivity contribution in [3.05, 3.63) is 56.2 Å². The van der Waals surface area contributed by atoms with Crippen molar-refractivity contribution < 1.29 is 4.79 Å². The number of nitrogens with one attached hydrogen (secondary N) is 1. The Hall–Kier alpha value is -1.90. The summed E-state index contributed by atoms with van der Waals surface area (Å²) in [6.07, 6.45) is 1.60. The van der Waals surface area contributed by atoms with Gasteiger partial charge < -0.3 is 5.32 Å². The first-order valence-electron chi connectivity index (χ1n) is 5.84. The molecule has 0 aliphatic rings. The summed E-state index contributed by atoms with van der Waals surface area (Å²) in [5, 5.41) is 11.8. The lowest BCUT2D eigenvalue weighted by atomic mass is 10.2. The highest BCUT2D eigenvalue weighted by molar-refractivity contribution is 9.10. The van der Waals surface area contributed by atoms with Crippen LogP contribution in [0.15, 0.2) is 46.4 Å². The Morgan fingerprint density at radius 1 is 1.35 bits per heavy atom. The first kappa shape index (κ1) is 14.5. The van der Waals surface area contributed by atoms with Crippen molar-refractivity contribution >= 4 is 44.9 Å². The number of rotatable bonds is 3. The predicted molar refractivity (Wildman–Crippen MR) is 85.4 cm³/mol. The number of benzene rings is 1. The number of aryl methyl sites for hydroxylation is 1. The van der Waals surface area contributed by atoms with Crippen LogP contribution in [0.1, 0.15) is 9.75 Å². The second-order valence-corrected chi connectivity index (χ2v) is 6.23. The number of carbonyl (C=O) groups excluding carboxylic acids is 1. The van der Waals surface area contributed by atoms with E-state index in [-0.39, 0.29) is 5.57 Å². The van der Waals surface area contributed by atoms with Crippen molar-refractivity contribution in [2.45, 2.75) is 6.92 Å². The van der Waals surface area contributed by atoms with Gasteiger partial charge in [-0.2, -0.15) is 5.26 Å². The van der Waals surface area contributed by atoms with Crippen LogP contribution < -0.4 is 5.32 Å². The zero-order chi connectivity index (χ0) is 14.5. The number of carbonyl (C=O) groups is 1. The summed E-state index contributed by atoms with van der Waals surface area (Å²) in [5.41, 5.74) is 0.726. The van der Waals surface area contributed by atoms with Gasteiger partial charge in [0.05, 0.1) is 5.69 Å². The molecule has 0 radical (unpaired) electrons. The minimum atomic E-state index is -0.412. The van der Waals surface area contributed by atoms with Gasteiger partial charge in [0, 0.05) is 14.2 Å². The Bertz CT molecular complexity index is 713. The number of amides is 1. The van der Waals surface area contributed by atoms with Crippen LogP contribution in [0, 0.1) is 18.3 Å². The topological polar surface area (TPSA) is 52.9 Å². The van der Waals surface area contributed by atoms with Crippen molar-refractivity contribution in [1.29, 1.82) is 5.26 Å². The maximum Gasteiger partial charge on any atom is 0.266 e. The summed E-state index contributed by atoms with van der Waals surface area (Å²) < 4.78 is 0.776. The molecule has 0 saturated carbocycles. The Morgan fingerprint density at radius 3 is 2.70 bits per heavy atom. The van der Waals surface area contributed by atoms with E-state index >= 15 is 0 Å². The first-order chi connectivity index (χ1) is 9.60. The number of halogens is 1. The third-order valence-electron chi connectivity index (χ3n) is 2.53. The highest BCUT2D eigenvalue weighted by Gasteiger charge is 2.11. The molecule has 0 spiro atoms. The molecule has 2 rings (SSSR count). The maximum atomic E-state index is 12.1. The van der Waals surface area contributed by atoms with E-state index in [1.165, 1.54) is 0 Å². The summed E-state index contributed by atoms with van der Waals surface area (Å²) in [4.78, 5) is 14.1. The number of hydrogen-bond acceptors (Lipinski definition) is 3. The lowest BCUT2D eigenvalue weighted by Gasteiger charge is -2.05. The molecule has 0 bridgehead atoms. The standard InChI is InChI=1S/C15H11BrN2OS/c1-10-6-7-12(20-10)8-11(9-17)15(19)18-14-5-3-2-4-13(14)16/h2-8H,1H3,(H,18,19)/b11-8-. The molecule has 1 N–H and O–H groups in total. The smallest absolute Gasteiger partial charge is 0.266 e. The van der Waals surface area contributed by atoms with Crippen molar-refractivity contribution in [2.75, 3.05) is 5.32 Å². The quantitative estimate of drug-likeness (QED) is 0.662. The summed E-state index contributed by atoms with van der Waals surface area (Å²) in [7, 11) is 0. The lowest BCUT2D eigenvalue weighted by Crippen LogP contribution is -2.13. The van der Waals surface area contributed by atoms with E-state index in [9.17, 15) is 4.79 Å². The molecule has 0 fully saturated rings. The van der Waals surface area contributed by atoms with Crippen LogP contribution in [-0.4, -0.2) is 5.91 Å². The van der Waals surface area contributed by atoms with Gasteiger partial charge in [-0.15, -0.1) is 11.3 Å². The van der Waals surface area contributed by atoms with Crippen LogP contribution >= 0.6 is 27.3 Å². The highest BCUT2D eigenvalue weighted by atomic mass is 79.9. The number of hydrogen-bond donors (Lipinski definition) is 1. The van der Waals surface area contributed by atoms with Crippen LogP contribution in [-0.2, 0) is 4.79 Å². The maximum absolute atomic E-state index is 12.1. The van der Waals surface area contributed by atoms with Crippen molar-refractivity contribution in [2.24, 2.45) is 0 Å². The van der Waals surface area contributed by atoms with Gasteiger partial charge in [-0.25, -0.2) is 0 Å². The van der Waals surface area contributed by atoms with E-state index in [2.05, 4.69) is 21.2 Å². The number of nitrogens with zero attached hydrogens (tertiary/aromatic N) is 1. The van der Waals surface area contributed by atoms with Crippen LogP contribution in [0.2, 0.25) is 0 Å². The van der Waals surface area contributed by atoms with Gasteiger partial charge in [0.25, 0.3) is 5.91 Å². The molecule has 2 aromatic rings. The molecule has 0 saturated heterocycles. The Labute approximate surface area is 129 Å². The Kier molecular flexibility index (Phi) is 4.72. The molecule has 0 aliphatic carbocycles. The Balaban J connectivity index is 2.21. The fourth-order valence-electron chi connectivity index (χ4n) is 1.57. The van der Waals surface area contributed by atoms with Crippen molar-refractivity contribution in [3.63, 3.8) is 0 Å². The van der Waals surface area contributed by atoms with Gasteiger partial charge in [-0.05, 0) is 53.2 Å². The minimum absolute atomic E-state index is 0.0857. The third-order valence-corrected chi connectivity index (χ3v) is 4.17. The second kappa shape index (κ2) is 6.51. The molecule has 0 atom stereocenters. The van der Waals surface area contributed by atoms with Crippen LogP contribution in [0.4, 0.5) is 5.69 Å². The first-order valence-corrected chi connectivity index (χ1v) is 7.45. The molecule has 1 aromatic heterocycles. The molecule has 3 nitrogen and oxygen atoms in total. The van der Waals surface area contributed by atoms with Crippen LogP contribution in [0.3, 0.4) is 0 Å². The van der Waals surface area contributed by atoms with E-state index in [4.69, 9.17) is 5.26 Å². The molecule has 0 unspecified atom stereocenters. The average molecular weight is 347 g/mol. The highest BCUT2D eigenvalue weighted by Crippen LogP contribution is 2.23. The molecule has 20 heavy (non-hydrogen) atoms. The normalized spacial score (nSPS) is 10.9. The summed E-state index contributed by atoms with van der Waals surface area (Å²) in [6, 6.07) is 13.1. The van der Waals surface area contributed by atoms with E-state index in [1.807, 2.05) is 43.3 Å². The molecule has 1 amide bonds. The van der Waals surface area contributed by atoms with Gasteiger partial charge in [0.15, 0.2) is 0 Å². The summed E-state index contributed by atoms with van der Waals surface area (Å²) >= 11 is 4.89. The van der Waals surface area contributed by atoms with E-state index < -0.39 is 5.91 Å². The van der Waals surface area contributed by atoms with Gasteiger partial charge >= 0.3 is 0 Å². The molecular formula is C15H11BrN2OS. The molecule has 1 heterocycles. The fraction of sp³-hybridized carbons (Fsp3) is 0.0667. The average Bonchev–Trinajstić information content (AvgIpc) is 2.84. The zero-order valence-electron chi connectivity index (χ0n) is 10.7. The van der Waals surface area contributed by atoms with E-state index in [0.717, 1.165) is 14.2 Å². The second-order valence-electron chi connectivity index (χ2n) is 4.05. The summed E-state index contributed by atoms with van der Waals surface area (Å²) in [6.45, 7) is 1.98. The largest absolute Gasteiger partial charge is 0.320 e. The predicted octanol–water partition coefficient (Wildman–Crippen LogP) is 4.36. The van der Waals surface area contributed by atoms with Gasteiger partial charge in [0.1, 0.15) is 11.6 Å². The number of anilines is 1. The molecule has 1 aromatic carbocycles. The fourth-order valence-corrected chi connectivity index (χ4v) is 2.78. The SMILES string of the molecule is Cc1ccc(/C=C(/C#N)C(=O)Nc2ccccc2Br)s1. The van der Waals surface area contributed by atoms with Crippen LogP contribution in [0.25, 0.3) is 6.08 Å². The monoisotopic (exact) mass is 346 g/mol. The minimum Gasteiger partial charge on any atom is -0.320 e. The number of nitriles is 1. The Morgan fingerprint density at radius 2 is 2.10 bits per heavy atom. The molecule has 5 heteroatoms. The van der Waals surface area contributed by atoms with Gasteiger partial charge in [-0.3, -0.25) is 4.79 Å². The van der Waals surface area contributed by atoms with E-state index in [1.54, 1.807) is 23.5 Å². The van der Waals surface area contributed by atoms with Gasteiger partial charge in [0.2, 0.25) is 0 Å². The molecular weight excluding hydrogens is 336 g/mol. The molecule has 100 valence electrons. The van der Waals surface area contributed by atoms with Crippen molar-refractivity contribution in [1.82, 2.24) is 0 Å². The number of thiophene rings is 1. The zero-order valence-corrected chi connectivity index (χ0v) is 13.1. The summed E-state index contributed by atoms with van der Waals surface area (Å²) in [5.74, 6) is -0.412. The van der Waals surface area contributed by atoms with Crippen molar-refractivity contribution in [3.8, 4) is 6.07 Å². The lowest BCUT2D eigenvalue weighted by molar-refractivity contribution is -0.112.